The first kappa shape index (κ1) is 14.8. The summed E-state index contributed by atoms with van der Waals surface area (Å²) >= 11 is 0. The van der Waals surface area contributed by atoms with Gasteiger partial charge in [0, 0.05) is 13.0 Å². The molecule has 6 nitrogen and oxygen atoms in total. The summed E-state index contributed by atoms with van der Waals surface area (Å²) in [5.41, 5.74) is 3.33. The van der Waals surface area contributed by atoms with Crippen molar-refractivity contribution in [2.75, 3.05) is 19.7 Å². The highest BCUT2D eigenvalue weighted by atomic mass is 16.5. The third-order valence-electron chi connectivity index (χ3n) is 4.28. The minimum absolute atomic E-state index is 0.0719. The van der Waals surface area contributed by atoms with Crippen LogP contribution in [0.15, 0.2) is 12.1 Å². The average molecular weight is 305 g/mol. The van der Waals surface area contributed by atoms with Gasteiger partial charge in [0.1, 0.15) is 5.75 Å². The van der Waals surface area contributed by atoms with Crippen molar-refractivity contribution in [1.29, 1.82) is 0 Å². The molecule has 2 atom stereocenters. The quantitative estimate of drug-likeness (QED) is 0.879. The number of benzene rings is 1. The van der Waals surface area contributed by atoms with Gasteiger partial charge in [-0.1, -0.05) is 6.07 Å². The lowest BCUT2D eigenvalue weighted by molar-refractivity contribution is -0.161. The van der Waals surface area contributed by atoms with Crippen molar-refractivity contribution in [2.45, 2.75) is 32.5 Å². The smallest absolute Gasteiger partial charge is 0.334 e. The van der Waals surface area contributed by atoms with Crippen LogP contribution in [-0.4, -0.2) is 53.8 Å². The number of carbonyl (C=O) groups excluding carboxylic acids is 1. The number of aliphatic carboxylic acids is 1. The zero-order valence-electron chi connectivity index (χ0n) is 12.7. The molecule has 0 aliphatic carbocycles. The highest BCUT2D eigenvalue weighted by Crippen LogP contribution is 2.32. The van der Waals surface area contributed by atoms with Crippen LogP contribution in [0, 0.1) is 13.8 Å². The first-order valence-electron chi connectivity index (χ1n) is 7.35. The van der Waals surface area contributed by atoms with Gasteiger partial charge >= 0.3 is 5.97 Å². The molecule has 0 saturated carbocycles. The van der Waals surface area contributed by atoms with E-state index in [-0.39, 0.29) is 19.1 Å². The Labute approximate surface area is 128 Å². The maximum absolute atomic E-state index is 12.6. The van der Waals surface area contributed by atoms with Gasteiger partial charge in [-0.25, -0.2) is 4.79 Å². The van der Waals surface area contributed by atoms with Gasteiger partial charge in [0.25, 0.3) is 5.91 Å². The lowest BCUT2D eigenvalue weighted by atomic mass is 10.0. The summed E-state index contributed by atoms with van der Waals surface area (Å²) in [5, 5.41) is 9.01. The second-order valence-corrected chi connectivity index (χ2v) is 5.84. The van der Waals surface area contributed by atoms with Gasteiger partial charge in [-0.05, 0) is 36.6 Å². The van der Waals surface area contributed by atoms with Gasteiger partial charge in [-0.2, -0.15) is 0 Å². The van der Waals surface area contributed by atoms with Crippen LogP contribution in [0.25, 0.3) is 0 Å². The normalized spacial score (nSPS) is 23.8. The number of nitrogens with zero attached hydrogens (tertiary/aromatic N) is 1. The topological polar surface area (TPSA) is 76.1 Å². The van der Waals surface area contributed by atoms with Crippen molar-refractivity contribution in [3.63, 3.8) is 0 Å². The molecule has 2 aliphatic heterocycles. The molecule has 118 valence electrons. The van der Waals surface area contributed by atoms with Crippen molar-refractivity contribution in [1.82, 2.24) is 4.90 Å². The van der Waals surface area contributed by atoms with E-state index in [2.05, 4.69) is 6.07 Å². The van der Waals surface area contributed by atoms with Crippen LogP contribution >= 0.6 is 0 Å². The van der Waals surface area contributed by atoms with E-state index in [4.69, 9.17) is 14.6 Å². The van der Waals surface area contributed by atoms with Crippen molar-refractivity contribution >= 4 is 11.9 Å². The first-order chi connectivity index (χ1) is 10.5. The third kappa shape index (κ3) is 2.66. The molecule has 0 bridgehead atoms. The van der Waals surface area contributed by atoms with Crippen molar-refractivity contribution in [3.05, 3.63) is 28.8 Å². The Morgan fingerprint density at radius 2 is 1.95 bits per heavy atom. The average Bonchev–Trinajstić information content (AvgIpc) is 2.89. The Balaban J connectivity index is 1.71. The number of carboxylic acid groups (broad SMARTS) is 1. The van der Waals surface area contributed by atoms with Crippen LogP contribution in [0.5, 0.6) is 5.75 Å². The molecule has 1 saturated heterocycles. The van der Waals surface area contributed by atoms with Crippen LogP contribution in [0.4, 0.5) is 0 Å². The first-order valence-corrected chi connectivity index (χ1v) is 7.35. The minimum atomic E-state index is -1.04. The molecule has 0 spiro atoms. The van der Waals surface area contributed by atoms with Gasteiger partial charge < -0.3 is 19.5 Å². The summed E-state index contributed by atoms with van der Waals surface area (Å²) in [6.45, 7) is 4.75. The molecule has 2 aliphatic rings. The number of morpholine rings is 1. The summed E-state index contributed by atoms with van der Waals surface area (Å²) in [5.74, 6) is -0.454. The van der Waals surface area contributed by atoms with Crippen molar-refractivity contribution < 1.29 is 24.2 Å². The molecule has 22 heavy (non-hydrogen) atoms. The van der Waals surface area contributed by atoms with E-state index >= 15 is 0 Å². The summed E-state index contributed by atoms with van der Waals surface area (Å²) in [6.07, 6.45) is -0.987. The van der Waals surface area contributed by atoms with E-state index in [1.165, 1.54) is 10.5 Å². The number of hydrogen-bond acceptors (Lipinski definition) is 4. The maximum Gasteiger partial charge on any atom is 0.334 e. The molecule has 0 radical (unpaired) electrons. The number of fused-ring (bicyclic) bond motifs is 1. The molecule has 1 amide bonds. The van der Waals surface area contributed by atoms with E-state index in [1.807, 2.05) is 19.9 Å². The summed E-state index contributed by atoms with van der Waals surface area (Å²) in [6, 6.07) is 4.01. The summed E-state index contributed by atoms with van der Waals surface area (Å²) in [4.78, 5) is 25.1. The van der Waals surface area contributed by atoms with Crippen LogP contribution in [0.2, 0.25) is 0 Å². The van der Waals surface area contributed by atoms with Gasteiger partial charge in [-0.15, -0.1) is 0 Å². The maximum atomic E-state index is 12.6. The number of aryl methyl sites for hydroxylation is 2. The molecule has 1 fully saturated rings. The van der Waals surface area contributed by atoms with E-state index in [9.17, 15) is 9.59 Å². The molecular weight excluding hydrogens is 286 g/mol. The lowest BCUT2D eigenvalue weighted by Gasteiger charge is -2.32. The second-order valence-electron chi connectivity index (χ2n) is 5.84. The fourth-order valence-electron chi connectivity index (χ4n) is 2.85. The van der Waals surface area contributed by atoms with Crippen LogP contribution in [-0.2, 0) is 20.7 Å². The molecule has 0 aromatic heterocycles. The Morgan fingerprint density at radius 3 is 2.68 bits per heavy atom. The predicted octanol–water partition coefficient (Wildman–Crippen LogP) is 0.919. The van der Waals surface area contributed by atoms with E-state index in [1.54, 1.807) is 0 Å². The largest absolute Gasteiger partial charge is 0.480 e. The number of ether oxygens (including phenoxy) is 2. The molecule has 1 aromatic rings. The fourth-order valence-corrected chi connectivity index (χ4v) is 2.85. The Morgan fingerprint density at radius 1 is 1.23 bits per heavy atom. The SMILES string of the molecule is Cc1cc2c(cc1C)O[C@@H](C(=O)N1CCO[C@@H](C(=O)O)C1)C2. The van der Waals surface area contributed by atoms with E-state index in [0.29, 0.717) is 13.0 Å². The lowest BCUT2D eigenvalue weighted by Crippen LogP contribution is -2.52. The third-order valence-corrected chi connectivity index (χ3v) is 4.28. The van der Waals surface area contributed by atoms with E-state index < -0.39 is 18.2 Å². The number of rotatable bonds is 2. The van der Waals surface area contributed by atoms with Crippen molar-refractivity contribution in [3.8, 4) is 5.75 Å². The van der Waals surface area contributed by atoms with Gasteiger partial charge in [-0.3, -0.25) is 4.79 Å². The number of carboxylic acids is 1. The predicted molar refractivity (Wildman–Crippen MR) is 78.0 cm³/mol. The molecule has 1 aromatic carbocycles. The highest BCUT2D eigenvalue weighted by Gasteiger charge is 2.36. The Hall–Kier alpha value is -2.08. The standard InChI is InChI=1S/C16H19NO5/c1-9-5-11-7-13(22-12(11)6-10(9)2)15(18)17-3-4-21-14(8-17)16(19)20/h5-6,13-14H,3-4,7-8H2,1-2H3,(H,19,20)/t13-,14-/m1/s1. The number of carbonyl (C=O) groups is 2. The van der Waals surface area contributed by atoms with Crippen LogP contribution in [0.1, 0.15) is 16.7 Å². The number of amides is 1. The van der Waals surface area contributed by atoms with Crippen LogP contribution < -0.4 is 4.74 Å². The zero-order chi connectivity index (χ0) is 15.9. The summed E-state index contributed by atoms with van der Waals surface area (Å²) in [7, 11) is 0. The molecular formula is C16H19NO5. The highest BCUT2D eigenvalue weighted by molar-refractivity contribution is 5.84. The summed E-state index contributed by atoms with van der Waals surface area (Å²) < 4.78 is 10.9. The van der Waals surface area contributed by atoms with Crippen molar-refractivity contribution in [2.24, 2.45) is 0 Å². The van der Waals surface area contributed by atoms with Gasteiger partial charge in [0.05, 0.1) is 13.2 Å². The van der Waals surface area contributed by atoms with Gasteiger partial charge in [0.2, 0.25) is 0 Å². The molecule has 2 heterocycles. The Kier molecular flexibility index (Phi) is 3.78. The monoisotopic (exact) mass is 305 g/mol. The minimum Gasteiger partial charge on any atom is -0.480 e. The Bertz CT molecular complexity index is 596. The van der Waals surface area contributed by atoms with E-state index in [0.717, 1.165) is 16.9 Å². The zero-order valence-corrected chi connectivity index (χ0v) is 12.7. The number of hydrogen-bond donors (Lipinski definition) is 1. The second kappa shape index (κ2) is 5.61. The molecule has 0 unspecified atom stereocenters. The molecule has 6 heteroatoms. The van der Waals surface area contributed by atoms with Gasteiger partial charge in [0.15, 0.2) is 12.2 Å². The molecule has 1 N–H and O–H groups in total. The fraction of sp³-hybridized carbons (Fsp3) is 0.500. The molecule has 3 rings (SSSR count). The van der Waals surface area contributed by atoms with Crippen LogP contribution in [0.3, 0.4) is 0 Å².